The van der Waals surface area contributed by atoms with E-state index in [1.165, 1.54) is 48.2 Å². The smallest absolute Gasteiger partial charge is 0.253 e. The standard InChI is InChI=1S/C13H14BrFN4O2S.C2H6/c1-13(2,15)19-4-3-8(6-19)11(21)16-5-10(20)18-12-17-9(14)7-22-12;1-2/h3-4,6-7H,5H2,1-2H3,(H,16,21)(H,17,18,20);1-2H3. The van der Waals surface area contributed by atoms with Crippen molar-refractivity contribution < 1.29 is 14.0 Å². The van der Waals surface area contributed by atoms with Gasteiger partial charge in [0, 0.05) is 17.8 Å². The van der Waals surface area contributed by atoms with Crippen LogP contribution in [0.5, 0.6) is 0 Å². The number of amides is 2. The fraction of sp³-hybridized carbons (Fsp3) is 0.400. The molecule has 2 aromatic heterocycles. The Kier molecular flexibility index (Phi) is 7.56. The van der Waals surface area contributed by atoms with Crippen LogP contribution in [-0.4, -0.2) is 27.9 Å². The van der Waals surface area contributed by atoms with Gasteiger partial charge in [-0.05, 0) is 35.8 Å². The number of hydrogen-bond acceptors (Lipinski definition) is 4. The number of carbonyl (C=O) groups excluding carboxylic acids is 2. The highest BCUT2D eigenvalue weighted by atomic mass is 79.9. The zero-order valence-corrected chi connectivity index (χ0v) is 16.3. The van der Waals surface area contributed by atoms with Gasteiger partial charge in [0.2, 0.25) is 5.91 Å². The first kappa shape index (κ1) is 20.3. The molecule has 0 aromatic carbocycles. The second-order valence-corrected chi connectivity index (χ2v) is 6.59. The molecular weight excluding hydrogens is 399 g/mol. The van der Waals surface area contributed by atoms with Crippen LogP contribution in [0.25, 0.3) is 0 Å². The van der Waals surface area contributed by atoms with Crippen molar-refractivity contribution in [3.05, 3.63) is 34.0 Å². The molecule has 0 aliphatic carbocycles. The predicted molar refractivity (Wildman–Crippen MR) is 97.0 cm³/mol. The van der Waals surface area contributed by atoms with Crippen molar-refractivity contribution in [3.63, 3.8) is 0 Å². The highest BCUT2D eigenvalue weighted by Crippen LogP contribution is 2.19. The third-order valence-corrected chi connectivity index (χ3v) is 4.17. The van der Waals surface area contributed by atoms with Crippen molar-refractivity contribution in [1.82, 2.24) is 14.9 Å². The highest BCUT2D eigenvalue weighted by Gasteiger charge is 2.19. The van der Waals surface area contributed by atoms with Gasteiger partial charge in [-0.2, -0.15) is 0 Å². The maximum Gasteiger partial charge on any atom is 0.253 e. The minimum Gasteiger partial charge on any atom is -0.343 e. The van der Waals surface area contributed by atoms with E-state index in [0.29, 0.717) is 9.73 Å². The minimum atomic E-state index is -1.59. The third-order valence-electron chi connectivity index (χ3n) is 2.70. The second-order valence-electron chi connectivity index (χ2n) is 4.92. The molecule has 24 heavy (non-hydrogen) atoms. The van der Waals surface area contributed by atoms with Crippen LogP contribution >= 0.6 is 27.3 Å². The molecule has 0 fully saturated rings. The van der Waals surface area contributed by atoms with Gasteiger partial charge in [-0.25, -0.2) is 9.37 Å². The monoisotopic (exact) mass is 418 g/mol. The quantitative estimate of drug-likeness (QED) is 0.775. The summed E-state index contributed by atoms with van der Waals surface area (Å²) in [5.41, 5.74) is 0.288. The first-order valence-electron chi connectivity index (χ1n) is 7.32. The Balaban J connectivity index is 0.00000139. The fourth-order valence-electron chi connectivity index (χ4n) is 1.60. The van der Waals surface area contributed by atoms with Gasteiger partial charge in [-0.3, -0.25) is 9.59 Å². The summed E-state index contributed by atoms with van der Waals surface area (Å²) in [6.07, 6.45) is 2.87. The highest BCUT2D eigenvalue weighted by molar-refractivity contribution is 9.10. The molecule has 0 saturated heterocycles. The lowest BCUT2D eigenvalue weighted by Crippen LogP contribution is -2.32. The number of hydrogen-bond donors (Lipinski definition) is 2. The molecule has 0 aliphatic rings. The third kappa shape index (κ3) is 6.04. The molecule has 0 radical (unpaired) electrons. The van der Waals surface area contributed by atoms with Crippen molar-refractivity contribution in [2.45, 2.75) is 33.5 Å². The van der Waals surface area contributed by atoms with Gasteiger partial charge in [0.15, 0.2) is 10.9 Å². The zero-order valence-electron chi connectivity index (χ0n) is 13.9. The number of halogens is 2. The van der Waals surface area contributed by atoms with Crippen molar-refractivity contribution in [2.75, 3.05) is 11.9 Å². The summed E-state index contributed by atoms with van der Waals surface area (Å²) in [5.74, 6) is -2.42. The number of nitrogens with zero attached hydrogens (tertiary/aromatic N) is 2. The Morgan fingerprint density at radius 3 is 2.58 bits per heavy atom. The molecule has 2 N–H and O–H groups in total. The first-order chi connectivity index (χ1) is 11.3. The zero-order chi connectivity index (χ0) is 18.3. The van der Waals surface area contributed by atoms with Crippen LogP contribution in [0.3, 0.4) is 0 Å². The molecule has 0 atom stereocenters. The first-order valence-corrected chi connectivity index (χ1v) is 8.99. The van der Waals surface area contributed by atoms with Gasteiger partial charge in [0.25, 0.3) is 5.91 Å². The van der Waals surface area contributed by atoms with E-state index in [4.69, 9.17) is 0 Å². The van der Waals surface area contributed by atoms with Crippen molar-refractivity contribution in [3.8, 4) is 0 Å². The van der Waals surface area contributed by atoms with Crippen LogP contribution in [-0.2, 0) is 10.6 Å². The van der Waals surface area contributed by atoms with Crippen LogP contribution in [0.2, 0.25) is 0 Å². The molecule has 2 heterocycles. The van der Waals surface area contributed by atoms with Gasteiger partial charge in [0.1, 0.15) is 4.60 Å². The van der Waals surface area contributed by atoms with Gasteiger partial charge in [-0.15, -0.1) is 11.3 Å². The minimum absolute atomic E-state index is 0.194. The Morgan fingerprint density at radius 1 is 1.42 bits per heavy atom. The lowest BCUT2D eigenvalue weighted by molar-refractivity contribution is -0.115. The summed E-state index contributed by atoms with van der Waals surface area (Å²) in [5, 5.41) is 7.20. The van der Waals surface area contributed by atoms with Gasteiger partial charge >= 0.3 is 0 Å². The summed E-state index contributed by atoms with van der Waals surface area (Å²) in [6, 6.07) is 1.49. The number of carbonyl (C=O) groups is 2. The summed E-state index contributed by atoms with van der Waals surface area (Å²) >= 11 is 4.45. The number of rotatable bonds is 5. The Bertz CT molecular complexity index is 694. The molecule has 9 heteroatoms. The topological polar surface area (TPSA) is 76.0 Å². The largest absolute Gasteiger partial charge is 0.343 e. The average Bonchev–Trinajstić information content (AvgIpc) is 3.16. The number of thiazole rings is 1. The van der Waals surface area contributed by atoms with E-state index in [0.717, 1.165) is 0 Å². The van der Waals surface area contributed by atoms with E-state index in [9.17, 15) is 14.0 Å². The van der Waals surface area contributed by atoms with E-state index in [1.807, 2.05) is 13.8 Å². The van der Waals surface area contributed by atoms with Crippen molar-refractivity contribution in [1.29, 1.82) is 0 Å². The molecule has 132 valence electrons. The number of nitrogens with one attached hydrogen (secondary N) is 2. The van der Waals surface area contributed by atoms with Crippen LogP contribution in [0.1, 0.15) is 38.1 Å². The Labute approximate surface area is 152 Å². The molecule has 0 aliphatic heterocycles. The Morgan fingerprint density at radius 2 is 2.08 bits per heavy atom. The average molecular weight is 419 g/mol. The molecule has 0 bridgehead atoms. The lowest BCUT2D eigenvalue weighted by Gasteiger charge is -2.15. The molecule has 6 nitrogen and oxygen atoms in total. The number of alkyl halides is 1. The van der Waals surface area contributed by atoms with E-state index in [2.05, 4.69) is 31.5 Å². The maximum atomic E-state index is 13.7. The van der Waals surface area contributed by atoms with Crippen molar-refractivity contribution >= 4 is 44.2 Å². The maximum absolute atomic E-state index is 13.7. The van der Waals surface area contributed by atoms with E-state index in [1.54, 1.807) is 5.38 Å². The summed E-state index contributed by atoms with van der Waals surface area (Å²) in [4.78, 5) is 27.6. The second kappa shape index (κ2) is 8.93. The fourth-order valence-corrected chi connectivity index (χ4v) is 2.76. The van der Waals surface area contributed by atoms with Gasteiger partial charge < -0.3 is 15.2 Å². The van der Waals surface area contributed by atoms with E-state index in [-0.39, 0.29) is 18.0 Å². The summed E-state index contributed by atoms with van der Waals surface area (Å²) in [7, 11) is 0. The Hall–Kier alpha value is -1.74. The van der Waals surface area contributed by atoms with Crippen molar-refractivity contribution in [2.24, 2.45) is 0 Å². The van der Waals surface area contributed by atoms with Crippen LogP contribution in [0.4, 0.5) is 9.52 Å². The van der Waals surface area contributed by atoms with Crippen LogP contribution in [0, 0.1) is 0 Å². The molecule has 0 unspecified atom stereocenters. The van der Waals surface area contributed by atoms with Crippen LogP contribution < -0.4 is 10.6 Å². The molecule has 2 rings (SSSR count). The van der Waals surface area contributed by atoms with E-state index >= 15 is 0 Å². The normalized spacial score (nSPS) is 10.6. The molecule has 0 saturated carbocycles. The van der Waals surface area contributed by atoms with Crippen LogP contribution in [0.15, 0.2) is 28.4 Å². The predicted octanol–water partition coefficient (Wildman–Crippen LogP) is 3.76. The molecular formula is C15H20BrFN4O2S. The summed E-state index contributed by atoms with van der Waals surface area (Å²) in [6.45, 7) is 6.57. The van der Waals surface area contributed by atoms with Gasteiger partial charge in [-0.1, -0.05) is 13.8 Å². The number of aromatic nitrogens is 2. The van der Waals surface area contributed by atoms with E-state index < -0.39 is 11.7 Å². The van der Waals surface area contributed by atoms with Gasteiger partial charge in [0.05, 0.1) is 12.1 Å². The SMILES string of the molecule is CC.CC(C)(F)n1ccc(C(=O)NCC(=O)Nc2nc(Br)cs2)c1. The number of anilines is 1. The molecule has 2 amide bonds. The molecule has 0 spiro atoms. The molecule has 2 aromatic rings. The lowest BCUT2D eigenvalue weighted by atomic mass is 10.3. The summed E-state index contributed by atoms with van der Waals surface area (Å²) < 4.78 is 15.6.